The van der Waals surface area contributed by atoms with E-state index < -0.39 is 10.0 Å². The fourth-order valence-electron chi connectivity index (χ4n) is 2.70. The van der Waals surface area contributed by atoms with E-state index >= 15 is 0 Å². The van der Waals surface area contributed by atoms with Gasteiger partial charge < -0.3 is 19.7 Å². The predicted molar refractivity (Wildman–Crippen MR) is 98.9 cm³/mol. The quantitative estimate of drug-likeness (QED) is 0.692. The largest absolute Gasteiger partial charge is 0.493 e. The van der Waals surface area contributed by atoms with Gasteiger partial charge in [-0.15, -0.1) is 0 Å². The van der Waals surface area contributed by atoms with Gasteiger partial charge in [0.2, 0.25) is 15.9 Å². The molecule has 8 nitrogen and oxygen atoms in total. The van der Waals surface area contributed by atoms with Gasteiger partial charge in [0.25, 0.3) is 0 Å². The second kappa shape index (κ2) is 9.20. The van der Waals surface area contributed by atoms with E-state index in [0.29, 0.717) is 44.2 Å². The van der Waals surface area contributed by atoms with Crippen molar-refractivity contribution >= 4 is 15.9 Å². The van der Waals surface area contributed by atoms with Crippen molar-refractivity contribution in [3.8, 4) is 11.5 Å². The molecule has 1 aromatic rings. The Labute approximate surface area is 155 Å². The first-order chi connectivity index (χ1) is 12.4. The third-order valence-corrected chi connectivity index (χ3v) is 6.25. The average Bonchev–Trinajstić information content (AvgIpc) is 2.64. The minimum atomic E-state index is -3.40. The maximum atomic E-state index is 12.3. The molecule has 9 heteroatoms. The van der Waals surface area contributed by atoms with Crippen LogP contribution < -0.4 is 14.8 Å². The molecule has 0 aliphatic carbocycles. The van der Waals surface area contributed by atoms with Gasteiger partial charge in [-0.05, 0) is 24.7 Å². The second-order valence-electron chi connectivity index (χ2n) is 6.23. The number of likely N-dealkylation sites (N-methyl/N-ethyl adjacent to an activating group) is 1. The lowest BCUT2D eigenvalue weighted by atomic mass is 10.2. The van der Waals surface area contributed by atoms with Crippen LogP contribution in [-0.2, 0) is 21.4 Å². The summed E-state index contributed by atoms with van der Waals surface area (Å²) in [6, 6.07) is 5.36. The summed E-state index contributed by atoms with van der Waals surface area (Å²) in [4.78, 5) is 14.1. The van der Waals surface area contributed by atoms with E-state index in [2.05, 4.69) is 10.2 Å². The molecule has 1 aromatic carbocycles. The molecule has 0 radical (unpaired) electrons. The van der Waals surface area contributed by atoms with Crippen LogP contribution in [0.25, 0.3) is 0 Å². The molecule has 1 heterocycles. The molecule has 1 N–H and O–H groups in total. The fraction of sp³-hybridized carbons (Fsp3) is 0.588. The Morgan fingerprint density at radius 2 is 1.77 bits per heavy atom. The second-order valence-corrected chi connectivity index (χ2v) is 8.32. The van der Waals surface area contributed by atoms with Gasteiger partial charge in [0.1, 0.15) is 0 Å². The Bertz CT molecular complexity index is 715. The van der Waals surface area contributed by atoms with Crippen LogP contribution in [0.1, 0.15) is 12.0 Å². The first-order valence-electron chi connectivity index (χ1n) is 8.49. The highest BCUT2D eigenvalue weighted by Gasteiger charge is 2.26. The first kappa shape index (κ1) is 20.5. The lowest BCUT2D eigenvalue weighted by Gasteiger charge is -2.31. The summed E-state index contributed by atoms with van der Waals surface area (Å²) in [6.07, 6.45) is -0.0536. The van der Waals surface area contributed by atoms with Crippen LogP contribution >= 0.6 is 0 Å². The van der Waals surface area contributed by atoms with Gasteiger partial charge >= 0.3 is 0 Å². The Kier molecular flexibility index (Phi) is 7.24. The van der Waals surface area contributed by atoms with E-state index in [4.69, 9.17) is 9.47 Å². The van der Waals surface area contributed by atoms with Crippen molar-refractivity contribution in [1.82, 2.24) is 14.5 Å². The van der Waals surface area contributed by atoms with E-state index in [1.165, 1.54) is 4.31 Å². The molecular weight excluding hydrogens is 358 g/mol. The zero-order valence-electron chi connectivity index (χ0n) is 15.5. The number of hydrogen-bond donors (Lipinski definition) is 1. The lowest BCUT2D eigenvalue weighted by molar-refractivity contribution is -0.120. The minimum absolute atomic E-state index is 0.0536. The number of nitrogens with zero attached hydrogens (tertiary/aromatic N) is 2. The third kappa shape index (κ3) is 5.58. The Morgan fingerprint density at radius 3 is 2.38 bits per heavy atom. The minimum Gasteiger partial charge on any atom is -0.493 e. The Hall–Kier alpha value is -1.84. The molecule has 0 aromatic heterocycles. The molecule has 0 atom stereocenters. The number of hydrogen-bond acceptors (Lipinski definition) is 6. The number of nitrogens with one attached hydrogen (secondary N) is 1. The maximum Gasteiger partial charge on any atom is 0.221 e. The summed E-state index contributed by atoms with van der Waals surface area (Å²) in [5.74, 6) is 0.726. The van der Waals surface area contributed by atoms with Crippen molar-refractivity contribution in [3.05, 3.63) is 23.8 Å². The van der Waals surface area contributed by atoms with Crippen LogP contribution in [0.15, 0.2) is 18.2 Å². The van der Waals surface area contributed by atoms with Crippen LogP contribution in [0.5, 0.6) is 11.5 Å². The van der Waals surface area contributed by atoms with E-state index in [1.54, 1.807) is 26.4 Å². The SMILES string of the molecule is COc1ccc(CNC(=O)CCS(=O)(=O)N2CCN(C)CC2)cc1OC. The summed E-state index contributed by atoms with van der Waals surface area (Å²) >= 11 is 0. The van der Waals surface area contributed by atoms with Gasteiger partial charge in [-0.3, -0.25) is 4.79 Å². The predicted octanol–water partition coefficient (Wildman–Crippen LogP) is 0.287. The van der Waals surface area contributed by atoms with Crippen molar-refractivity contribution in [2.24, 2.45) is 0 Å². The average molecular weight is 385 g/mol. The van der Waals surface area contributed by atoms with Gasteiger partial charge in [0, 0.05) is 39.1 Å². The molecule has 1 fully saturated rings. The molecule has 1 saturated heterocycles. The molecule has 1 aliphatic heterocycles. The zero-order valence-corrected chi connectivity index (χ0v) is 16.3. The molecule has 146 valence electrons. The molecule has 0 bridgehead atoms. The number of rotatable bonds is 8. The van der Waals surface area contributed by atoms with E-state index in [9.17, 15) is 13.2 Å². The zero-order chi connectivity index (χ0) is 19.2. The number of sulfonamides is 1. The number of methoxy groups -OCH3 is 2. The van der Waals surface area contributed by atoms with Crippen molar-refractivity contribution in [1.29, 1.82) is 0 Å². The summed E-state index contributed by atoms with van der Waals surface area (Å²) in [7, 11) is 1.67. The summed E-state index contributed by atoms with van der Waals surface area (Å²) < 4.78 is 36.5. The van der Waals surface area contributed by atoms with E-state index in [0.717, 1.165) is 5.56 Å². The van der Waals surface area contributed by atoms with Crippen LogP contribution in [-0.4, -0.2) is 76.7 Å². The maximum absolute atomic E-state index is 12.3. The molecule has 1 amide bonds. The molecule has 1 aliphatic rings. The van der Waals surface area contributed by atoms with Gasteiger partial charge in [-0.25, -0.2) is 8.42 Å². The smallest absolute Gasteiger partial charge is 0.221 e. The molecule has 26 heavy (non-hydrogen) atoms. The third-order valence-electron chi connectivity index (χ3n) is 4.38. The van der Waals surface area contributed by atoms with Crippen LogP contribution in [0, 0.1) is 0 Å². The van der Waals surface area contributed by atoms with Crippen molar-refractivity contribution < 1.29 is 22.7 Å². The Balaban J connectivity index is 1.82. The van der Waals surface area contributed by atoms with Crippen LogP contribution in [0.4, 0.5) is 0 Å². The van der Waals surface area contributed by atoms with E-state index in [1.807, 2.05) is 13.1 Å². The number of piperazine rings is 1. The fourth-order valence-corrected chi connectivity index (χ4v) is 4.12. The molecule has 0 saturated carbocycles. The highest BCUT2D eigenvalue weighted by Crippen LogP contribution is 2.27. The van der Waals surface area contributed by atoms with Crippen LogP contribution in [0.2, 0.25) is 0 Å². The summed E-state index contributed by atoms with van der Waals surface area (Å²) in [5.41, 5.74) is 0.845. The van der Waals surface area contributed by atoms with Gasteiger partial charge in [0.05, 0.1) is 20.0 Å². The summed E-state index contributed by atoms with van der Waals surface area (Å²) in [6.45, 7) is 2.68. The molecule has 0 unspecified atom stereocenters. The standard InChI is InChI=1S/C17H27N3O5S/c1-19-7-9-20(10-8-19)26(22,23)11-6-17(21)18-13-14-4-5-15(24-2)16(12-14)25-3/h4-5,12H,6-11,13H2,1-3H3,(H,18,21). The van der Waals surface area contributed by atoms with Crippen LogP contribution in [0.3, 0.4) is 0 Å². The van der Waals surface area contributed by atoms with E-state index in [-0.39, 0.29) is 18.1 Å². The summed E-state index contributed by atoms with van der Waals surface area (Å²) in [5, 5.41) is 2.74. The number of ether oxygens (including phenoxy) is 2. The number of carbonyl (C=O) groups excluding carboxylic acids is 1. The molecule has 0 spiro atoms. The Morgan fingerprint density at radius 1 is 1.12 bits per heavy atom. The number of carbonyl (C=O) groups is 1. The monoisotopic (exact) mass is 385 g/mol. The molecule has 2 rings (SSSR count). The highest BCUT2D eigenvalue weighted by atomic mass is 32.2. The van der Waals surface area contributed by atoms with Crippen molar-refractivity contribution in [3.63, 3.8) is 0 Å². The normalized spacial score (nSPS) is 16.3. The number of benzene rings is 1. The van der Waals surface area contributed by atoms with Crippen molar-refractivity contribution in [2.75, 3.05) is 53.2 Å². The van der Waals surface area contributed by atoms with Gasteiger partial charge in [0.15, 0.2) is 11.5 Å². The number of amides is 1. The van der Waals surface area contributed by atoms with Gasteiger partial charge in [-0.1, -0.05) is 6.07 Å². The highest BCUT2D eigenvalue weighted by molar-refractivity contribution is 7.89. The van der Waals surface area contributed by atoms with Crippen molar-refractivity contribution in [2.45, 2.75) is 13.0 Å². The van der Waals surface area contributed by atoms with Gasteiger partial charge in [-0.2, -0.15) is 4.31 Å². The molecular formula is C17H27N3O5S. The first-order valence-corrected chi connectivity index (χ1v) is 10.1. The lowest BCUT2D eigenvalue weighted by Crippen LogP contribution is -2.48. The topological polar surface area (TPSA) is 88.2 Å².